The number of ether oxygens (including phenoxy) is 1. The minimum atomic E-state index is 0.0515. The minimum Gasteiger partial charge on any atom is -0.496 e. The summed E-state index contributed by atoms with van der Waals surface area (Å²) in [6, 6.07) is 14.6. The monoisotopic (exact) mass is 278 g/mol. The summed E-state index contributed by atoms with van der Waals surface area (Å²) in [6.07, 6.45) is 1.96. The van der Waals surface area contributed by atoms with E-state index in [2.05, 4.69) is 35.3 Å². The van der Waals surface area contributed by atoms with Gasteiger partial charge in [-0.3, -0.25) is 0 Å². The Labute approximate surface area is 123 Å². The van der Waals surface area contributed by atoms with Crippen molar-refractivity contribution in [1.82, 2.24) is 4.98 Å². The maximum absolute atomic E-state index is 6.34. The first-order valence-corrected chi connectivity index (χ1v) is 7.32. The predicted molar refractivity (Wildman–Crippen MR) is 85.5 cm³/mol. The summed E-state index contributed by atoms with van der Waals surface area (Å²) in [5.74, 6) is 0.898. The Morgan fingerprint density at radius 2 is 1.95 bits per heavy atom. The van der Waals surface area contributed by atoms with Gasteiger partial charge in [-0.05, 0) is 36.1 Å². The Hall–Kier alpha value is -2.26. The molecular formula is C18H18N2O. The molecule has 1 aliphatic carbocycles. The van der Waals surface area contributed by atoms with Crippen LogP contribution in [0.15, 0.2) is 42.5 Å². The van der Waals surface area contributed by atoms with Gasteiger partial charge in [0.15, 0.2) is 0 Å². The average Bonchev–Trinajstić information content (AvgIpc) is 2.91. The van der Waals surface area contributed by atoms with E-state index in [1.165, 1.54) is 22.2 Å². The fourth-order valence-corrected chi connectivity index (χ4v) is 3.46. The molecule has 0 saturated heterocycles. The number of benzene rings is 2. The van der Waals surface area contributed by atoms with Crippen LogP contribution in [0.25, 0.3) is 22.2 Å². The normalized spacial score (nSPS) is 17.1. The molecule has 1 aromatic heterocycles. The van der Waals surface area contributed by atoms with Crippen LogP contribution in [0.2, 0.25) is 0 Å². The van der Waals surface area contributed by atoms with Crippen LogP contribution in [0, 0.1) is 0 Å². The van der Waals surface area contributed by atoms with E-state index in [0.717, 1.165) is 29.7 Å². The summed E-state index contributed by atoms with van der Waals surface area (Å²) in [5.41, 5.74) is 12.4. The molecule has 1 atom stereocenters. The van der Waals surface area contributed by atoms with Crippen LogP contribution in [0.5, 0.6) is 5.75 Å². The number of methoxy groups -OCH3 is 1. The molecule has 2 aromatic carbocycles. The zero-order chi connectivity index (χ0) is 14.4. The molecule has 3 nitrogen and oxygen atoms in total. The average molecular weight is 278 g/mol. The van der Waals surface area contributed by atoms with Crippen molar-refractivity contribution in [3.05, 3.63) is 53.6 Å². The van der Waals surface area contributed by atoms with Crippen molar-refractivity contribution in [2.24, 2.45) is 5.73 Å². The summed E-state index contributed by atoms with van der Waals surface area (Å²) in [6.45, 7) is 0. The quantitative estimate of drug-likeness (QED) is 0.749. The van der Waals surface area contributed by atoms with Crippen LogP contribution in [0.4, 0.5) is 0 Å². The van der Waals surface area contributed by atoms with Crippen LogP contribution < -0.4 is 10.5 Å². The summed E-state index contributed by atoms with van der Waals surface area (Å²) >= 11 is 0. The van der Waals surface area contributed by atoms with E-state index in [1.54, 1.807) is 7.11 Å². The lowest BCUT2D eigenvalue weighted by Crippen LogP contribution is -2.16. The number of hydrogen-bond donors (Lipinski definition) is 2. The second-order valence-electron chi connectivity index (χ2n) is 5.59. The third-order valence-corrected chi connectivity index (χ3v) is 4.43. The molecule has 3 N–H and O–H groups in total. The molecule has 0 saturated carbocycles. The lowest BCUT2D eigenvalue weighted by molar-refractivity contribution is 0.404. The highest BCUT2D eigenvalue weighted by Gasteiger charge is 2.26. The molecule has 3 heteroatoms. The van der Waals surface area contributed by atoms with Crippen molar-refractivity contribution < 1.29 is 4.74 Å². The van der Waals surface area contributed by atoms with Gasteiger partial charge in [-0.2, -0.15) is 0 Å². The van der Waals surface area contributed by atoms with Gasteiger partial charge in [0.2, 0.25) is 0 Å². The van der Waals surface area contributed by atoms with E-state index in [9.17, 15) is 0 Å². The van der Waals surface area contributed by atoms with Gasteiger partial charge in [0.1, 0.15) is 5.75 Å². The lowest BCUT2D eigenvalue weighted by Gasteiger charge is -2.22. The first kappa shape index (κ1) is 12.5. The molecule has 0 bridgehead atoms. The van der Waals surface area contributed by atoms with Gasteiger partial charge in [-0.1, -0.05) is 30.3 Å². The van der Waals surface area contributed by atoms with Gasteiger partial charge in [-0.15, -0.1) is 0 Å². The smallest absolute Gasteiger partial charge is 0.124 e. The standard InChI is InChI=1S/C18H18N2O/c1-21-15-10-9-14-16-12(7-8-13(19)17(15)16)18(20-14)11-5-3-2-4-6-11/h2-6,9-10,13,20H,7-8,19H2,1H3. The molecule has 0 spiro atoms. The first-order chi connectivity index (χ1) is 10.3. The number of rotatable bonds is 2. The molecule has 1 heterocycles. The number of aromatic amines is 1. The predicted octanol–water partition coefficient (Wildman–Crippen LogP) is 3.79. The van der Waals surface area contributed by atoms with Gasteiger partial charge in [-0.25, -0.2) is 0 Å². The molecule has 0 fully saturated rings. The molecule has 4 rings (SSSR count). The molecule has 3 aromatic rings. The maximum atomic E-state index is 6.34. The van der Waals surface area contributed by atoms with Crippen molar-refractivity contribution in [3.8, 4) is 17.0 Å². The van der Waals surface area contributed by atoms with Crippen molar-refractivity contribution in [2.45, 2.75) is 18.9 Å². The topological polar surface area (TPSA) is 51.0 Å². The highest BCUT2D eigenvalue weighted by molar-refractivity contribution is 5.95. The van der Waals surface area contributed by atoms with E-state index in [1.807, 2.05) is 12.1 Å². The zero-order valence-corrected chi connectivity index (χ0v) is 12.0. The first-order valence-electron chi connectivity index (χ1n) is 7.32. The summed E-state index contributed by atoms with van der Waals surface area (Å²) < 4.78 is 5.52. The zero-order valence-electron chi connectivity index (χ0n) is 12.0. The third kappa shape index (κ3) is 1.78. The van der Waals surface area contributed by atoms with Gasteiger partial charge in [0, 0.05) is 28.2 Å². The van der Waals surface area contributed by atoms with E-state index in [0.29, 0.717) is 0 Å². The summed E-state index contributed by atoms with van der Waals surface area (Å²) in [4.78, 5) is 3.57. The van der Waals surface area contributed by atoms with E-state index in [4.69, 9.17) is 10.5 Å². The molecule has 0 radical (unpaired) electrons. The SMILES string of the molecule is COc1ccc2[nH]c(-c3ccccc3)c3c2c1C(N)CC3. The second kappa shape index (κ2) is 4.64. The number of aryl methyl sites for hydroxylation is 1. The Kier molecular flexibility index (Phi) is 2.76. The molecular weight excluding hydrogens is 260 g/mol. The van der Waals surface area contributed by atoms with Crippen molar-refractivity contribution in [3.63, 3.8) is 0 Å². The largest absolute Gasteiger partial charge is 0.496 e. The van der Waals surface area contributed by atoms with Crippen molar-refractivity contribution in [1.29, 1.82) is 0 Å². The van der Waals surface area contributed by atoms with E-state index < -0.39 is 0 Å². The van der Waals surface area contributed by atoms with Gasteiger partial charge >= 0.3 is 0 Å². The Bertz CT molecular complexity index is 805. The van der Waals surface area contributed by atoms with Crippen LogP contribution in [-0.4, -0.2) is 12.1 Å². The fraction of sp³-hybridized carbons (Fsp3) is 0.222. The maximum Gasteiger partial charge on any atom is 0.124 e. The highest BCUT2D eigenvalue weighted by Crippen LogP contribution is 2.43. The van der Waals surface area contributed by atoms with Crippen LogP contribution >= 0.6 is 0 Å². The second-order valence-corrected chi connectivity index (χ2v) is 5.59. The number of aromatic nitrogens is 1. The Morgan fingerprint density at radius 3 is 2.71 bits per heavy atom. The Balaban J connectivity index is 2.06. The molecule has 0 aliphatic heterocycles. The van der Waals surface area contributed by atoms with E-state index >= 15 is 0 Å². The minimum absolute atomic E-state index is 0.0515. The van der Waals surface area contributed by atoms with Crippen molar-refractivity contribution in [2.75, 3.05) is 7.11 Å². The molecule has 1 unspecified atom stereocenters. The third-order valence-electron chi connectivity index (χ3n) is 4.43. The Morgan fingerprint density at radius 1 is 1.14 bits per heavy atom. The lowest BCUT2D eigenvalue weighted by atomic mass is 9.86. The number of hydrogen-bond acceptors (Lipinski definition) is 2. The van der Waals surface area contributed by atoms with Crippen LogP contribution in [0.1, 0.15) is 23.6 Å². The summed E-state index contributed by atoms with van der Waals surface area (Å²) in [5, 5.41) is 1.26. The number of nitrogens with one attached hydrogen (secondary N) is 1. The number of nitrogens with two attached hydrogens (primary N) is 1. The number of H-pyrrole nitrogens is 1. The highest BCUT2D eigenvalue weighted by atomic mass is 16.5. The van der Waals surface area contributed by atoms with Crippen LogP contribution in [0.3, 0.4) is 0 Å². The van der Waals surface area contributed by atoms with Gasteiger partial charge in [0.05, 0.1) is 7.11 Å². The molecule has 1 aliphatic rings. The van der Waals surface area contributed by atoms with Crippen LogP contribution in [-0.2, 0) is 6.42 Å². The van der Waals surface area contributed by atoms with Crippen molar-refractivity contribution >= 4 is 10.9 Å². The molecule has 0 amide bonds. The van der Waals surface area contributed by atoms with Gasteiger partial charge < -0.3 is 15.5 Å². The molecule has 106 valence electrons. The molecule has 21 heavy (non-hydrogen) atoms. The van der Waals surface area contributed by atoms with Gasteiger partial charge in [0.25, 0.3) is 0 Å². The fourth-order valence-electron chi connectivity index (χ4n) is 3.46. The van der Waals surface area contributed by atoms with E-state index in [-0.39, 0.29) is 6.04 Å². The summed E-state index contributed by atoms with van der Waals surface area (Å²) in [7, 11) is 1.71.